The van der Waals surface area contributed by atoms with Gasteiger partial charge in [0.25, 0.3) is 11.5 Å². The zero-order chi connectivity index (χ0) is 18.3. The van der Waals surface area contributed by atoms with Crippen LogP contribution in [0.5, 0.6) is 0 Å². The van der Waals surface area contributed by atoms with Gasteiger partial charge in [-0.25, -0.2) is 4.79 Å². The summed E-state index contributed by atoms with van der Waals surface area (Å²) in [6.45, 7) is -0.200. The first-order chi connectivity index (χ1) is 11.8. The van der Waals surface area contributed by atoms with E-state index < -0.39 is 23.3 Å². The fourth-order valence-electron chi connectivity index (χ4n) is 2.95. The molecule has 1 aliphatic rings. The molecule has 9 nitrogen and oxygen atoms in total. The van der Waals surface area contributed by atoms with Crippen LogP contribution in [-0.2, 0) is 18.9 Å². The van der Waals surface area contributed by atoms with Crippen molar-refractivity contribution >= 4 is 17.5 Å². The summed E-state index contributed by atoms with van der Waals surface area (Å²) in [5.41, 5.74) is 5.33. The molecule has 1 atom stereocenters. The van der Waals surface area contributed by atoms with Crippen LogP contribution in [-0.4, -0.2) is 27.5 Å². The van der Waals surface area contributed by atoms with Crippen molar-refractivity contribution < 1.29 is 9.59 Å². The lowest BCUT2D eigenvalue weighted by molar-refractivity contribution is -0.116. The zero-order valence-electron chi connectivity index (χ0n) is 13.7. The monoisotopic (exact) mass is 343 g/mol. The molecule has 3 N–H and O–H groups in total. The smallest absolute Gasteiger partial charge is 0.330 e. The molecule has 0 spiro atoms. The average molecular weight is 343 g/mol. The van der Waals surface area contributed by atoms with Gasteiger partial charge in [-0.05, 0) is 12.1 Å². The third-order valence-electron chi connectivity index (χ3n) is 4.13. The topological polar surface area (TPSA) is 119 Å². The van der Waals surface area contributed by atoms with Crippen LogP contribution in [0.3, 0.4) is 0 Å². The summed E-state index contributed by atoms with van der Waals surface area (Å²) in [6.07, 6.45) is 0.442. The Balaban J connectivity index is 2.22. The van der Waals surface area contributed by atoms with Crippen LogP contribution in [0, 0.1) is 0 Å². The highest BCUT2D eigenvalue weighted by atomic mass is 16.2. The Labute approximate surface area is 142 Å². The van der Waals surface area contributed by atoms with Crippen LogP contribution in [0.4, 0.5) is 5.69 Å². The quantitative estimate of drug-likeness (QED) is 0.727. The first-order valence-corrected chi connectivity index (χ1v) is 7.52. The Bertz CT molecular complexity index is 991. The molecule has 2 aromatic rings. The number of nitrogens with two attached hydrogens (primary N) is 1. The summed E-state index contributed by atoms with van der Waals surface area (Å²) < 4.78 is 2.19. The van der Waals surface area contributed by atoms with Gasteiger partial charge in [-0.1, -0.05) is 12.1 Å². The average Bonchev–Trinajstić information content (AvgIpc) is 2.58. The van der Waals surface area contributed by atoms with E-state index in [9.17, 15) is 19.2 Å². The minimum Gasteiger partial charge on any atom is -0.368 e. The molecular weight excluding hydrogens is 326 g/mol. The highest BCUT2D eigenvalue weighted by Crippen LogP contribution is 2.31. The van der Waals surface area contributed by atoms with E-state index in [0.29, 0.717) is 11.3 Å². The van der Waals surface area contributed by atoms with Crippen LogP contribution in [0.1, 0.15) is 22.1 Å². The molecule has 1 aromatic heterocycles. The van der Waals surface area contributed by atoms with Gasteiger partial charge in [-0.15, -0.1) is 0 Å². The summed E-state index contributed by atoms with van der Waals surface area (Å²) >= 11 is 0. The first-order valence-electron chi connectivity index (χ1n) is 7.52. The van der Waals surface area contributed by atoms with Crippen molar-refractivity contribution in [2.24, 2.45) is 19.8 Å². The fourth-order valence-corrected chi connectivity index (χ4v) is 2.95. The number of primary amides is 1. The first kappa shape index (κ1) is 16.5. The van der Waals surface area contributed by atoms with E-state index >= 15 is 0 Å². The second-order valence-corrected chi connectivity index (χ2v) is 5.83. The predicted molar refractivity (Wildman–Crippen MR) is 90.1 cm³/mol. The predicted octanol–water partition coefficient (Wildman–Crippen LogP) is -1.18. The van der Waals surface area contributed by atoms with Gasteiger partial charge in [0.2, 0.25) is 5.91 Å². The van der Waals surface area contributed by atoms with Crippen LogP contribution < -0.4 is 27.2 Å². The van der Waals surface area contributed by atoms with E-state index in [1.807, 2.05) is 0 Å². The Morgan fingerprint density at radius 1 is 1.20 bits per heavy atom. The van der Waals surface area contributed by atoms with E-state index in [-0.39, 0.29) is 18.0 Å². The number of aryl methyl sites for hydroxylation is 1. The molecule has 0 fully saturated rings. The van der Waals surface area contributed by atoms with E-state index in [4.69, 9.17) is 5.73 Å². The standard InChI is InChI=1S/C16H17N5O4/c1-19-7-10(15(24)20(2)16(19)25)13-18-14(23)9-5-3-4-6-11(9)21(13)8-12(17)22/h3-7,13H,8H2,1-2H3,(H2,17,22)(H,18,23)/t13-/m1/s1. The molecule has 0 radical (unpaired) electrons. The van der Waals surface area contributed by atoms with Crippen molar-refractivity contribution in [1.82, 2.24) is 14.5 Å². The molecular formula is C16H17N5O4. The van der Waals surface area contributed by atoms with Gasteiger partial charge in [0.1, 0.15) is 6.17 Å². The van der Waals surface area contributed by atoms with Gasteiger partial charge in [-0.3, -0.25) is 19.0 Å². The van der Waals surface area contributed by atoms with Gasteiger partial charge in [0.05, 0.1) is 23.4 Å². The molecule has 130 valence electrons. The van der Waals surface area contributed by atoms with Crippen molar-refractivity contribution in [1.29, 1.82) is 0 Å². The summed E-state index contributed by atoms with van der Waals surface area (Å²) in [4.78, 5) is 49.9. The van der Waals surface area contributed by atoms with E-state index in [2.05, 4.69) is 5.32 Å². The highest BCUT2D eigenvalue weighted by Gasteiger charge is 2.34. The number of nitrogens with zero attached hydrogens (tertiary/aromatic N) is 3. The number of para-hydroxylation sites is 1. The largest absolute Gasteiger partial charge is 0.368 e. The number of rotatable bonds is 3. The molecule has 1 aliphatic heterocycles. The summed E-state index contributed by atoms with van der Waals surface area (Å²) in [6, 6.07) is 6.72. The molecule has 0 unspecified atom stereocenters. The van der Waals surface area contributed by atoms with Crippen molar-refractivity contribution in [2.75, 3.05) is 11.4 Å². The number of carbonyl (C=O) groups excluding carboxylic acids is 2. The van der Waals surface area contributed by atoms with Crippen molar-refractivity contribution in [3.8, 4) is 0 Å². The van der Waals surface area contributed by atoms with Crippen LogP contribution in [0.25, 0.3) is 0 Å². The number of hydrogen-bond donors (Lipinski definition) is 2. The normalized spacial score (nSPS) is 16.3. The molecule has 0 saturated carbocycles. The third kappa shape index (κ3) is 2.69. The van der Waals surface area contributed by atoms with Crippen LogP contribution >= 0.6 is 0 Å². The second kappa shape index (κ2) is 5.93. The molecule has 0 bridgehead atoms. The van der Waals surface area contributed by atoms with Gasteiger partial charge in [0, 0.05) is 20.3 Å². The number of hydrogen-bond acceptors (Lipinski definition) is 5. The number of fused-ring (bicyclic) bond motifs is 1. The lowest BCUT2D eigenvalue weighted by atomic mass is 10.0. The number of carbonyl (C=O) groups is 2. The molecule has 2 amide bonds. The number of anilines is 1. The van der Waals surface area contributed by atoms with Crippen molar-refractivity contribution in [3.05, 3.63) is 62.4 Å². The second-order valence-electron chi connectivity index (χ2n) is 5.83. The minimum atomic E-state index is -0.916. The summed E-state index contributed by atoms with van der Waals surface area (Å²) in [5, 5.41) is 2.71. The van der Waals surface area contributed by atoms with Gasteiger partial charge >= 0.3 is 5.69 Å². The molecule has 0 aliphatic carbocycles. The Hall–Kier alpha value is -3.36. The number of benzene rings is 1. The zero-order valence-corrected chi connectivity index (χ0v) is 13.7. The number of aromatic nitrogens is 2. The lowest BCUT2D eigenvalue weighted by Crippen LogP contribution is -2.52. The van der Waals surface area contributed by atoms with E-state index in [0.717, 1.165) is 4.57 Å². The Morgan fingerprint density at radius 3 is 2.56 bits per heavy atom. The molecule has 0 saturated heterocycles. The Kier molecular flexibility index (Phi) is 3.91. The molecule has 25 heavy (non-hydrogen) atoms. The van der Waals surface area contributed by atoms with Gasteiger partial charge < -0.3 is 20.5 Å². The van der Waals surface area contributed by atoms with E-state index in [1.54, 1.807) is 29.2 Å². The summed E-state index contributed by atoms with van der Waals surface area (Å²) in [7, 11) is 2.85. The highest BCUT2D eigenvalue weighted by molar-refractivity contribution is 6.02. The maximum Gasteiger partial charge on any atom is 0.330 e. The Morgan fingerprint density at radius 2 is 1.88 bits per heavy atom. The molecule has 2 heterocycles. The SMILES string of the molecule is Cn1cc([C@@H]2NC(=O)c3ccccc3N2CC(N)=O)c(=O)n(C)c1=O. The summed E-state index contributed by atoms with van der Waals surface area (Å²) in [5.74, 6) is -0.991. The van der Waals surface area contributed by atoms with E-state index in [1.165, 1.54) is 24.9 Å². The third-order valence-corrected chi connectivity index (χ3v) is 4.13. The maximum absolute atomic E-state index is 12.5. The minimum absolute atomic E-state index is 0.161. The maximum atomic E-state index is 12.5. The lowest BCUT2D eigenvalue weighted by Gasteiger charge is -2.38. The van der Waals surface area contributed by atoms with Crippen LogP contribution in [0.2, 0.25) is 0 Å². The van der Waals surface area contributed by atoms with Crippen molar-refractivity contribution in [3.63, 3.8) is 0 Å². The number of amides is 2. The molecule has 9 heteroatoms. The van der Waals surface area contributed by atoms with Crippen molar-refractivity contribution in [2.45, 2.75) is 6.17 Å². The van der Waals surface area contributed by atoms with Gasteiger partial charge in [-0.2, -0.15) is 0 Å². The van der Waals surface area contributed by atoms with Crippen LogP contribution in [0.15, 0.2) is 40.1 Å². The van der Waals surface area contributed by atoms with Gasteiger partial charge in [0.15, 0.2) is 0 Å². The fraction of sp³-hybridized carbons (Fsp3) is 0.250. The molecule has 1 aromatic carbocycles. The molecule has 3 rings (SSSR count). The number of nitrogens with one attached hydrogen (secondary N) is 1.